The Morgan fingerprint density at radius 3 is 2.64 bits per heavy atom. The molecule has 0 nitrogen and oxygen atoms in total. The number of hydrogen-bond donors (Lipinski definition) is 0. The largest absolute Gasteiger partial charge is 0.0842 e. The van der Waals surface area contributed by atoms with Gasteiger partial charge < -0.3 is 0 Å². The maximum Gasteiger partial charge on any atom is -0.0112 e. The summed E-state index contributed by atoms with van der Waals surface area (Å²) >= 11 is 0. The van der Waals surface area contributed by atoms with Crippen molar-refractivity contribution in [3.05, 3.63) is 54.1 Å². The van der Waals surface area contributed by atoms with Crippen molar-refractivity contribution in [1.82, 2.24) is 0 Å². The minimum Gasteiger partial charge on any atom is -0.0842 e. The van der Waals surface area contributed by atoms with Crippen LogP contribution in [0.2, 0.25) is 0 Å². The zero-order chi connectivity index (χ0) is 9.80. The van der Waals surface area contributed by atoms with Crippen LogP contribution in [0.5, 0.6) is 0 Å². The van der Waals surface area contributed by atoms with Gasteiger partial charge in [-0.3, -0.25) is 0 Å². The lowest BCUT2D eigenvalue weighted by Gasteiger charge is -2.00. The van der Waals surface area contributed by atoms with Crippen molar-refractivity contribution in [1.29, 1.82) is 0 Å². The molecule has 2 aromatic carbocycles. The van der Waals surface area contributed by atoms with Crippen LogP contribution in [0, 0.1) is 0 Å². The third-order valence-corrected chi connectivity index (χ3v) is 2.36. The van der Waals surface area contributed by atoms with E-state index in [1.165, 1.54) is 16.3 Å². The standard InChI is InChI=1S/C14H14/c1-2-3-7-12-9-6-10-13-8-4-5-11-14(12)13/h3-11H,2H2,1H3/b7-3+. The van der Waals surface area contributed by atoms with Crippen LogP contribution >= 0.6 is 0 Å². The minimum absolute atomic E-state index is 1.09. The summed E-state index contributed by atoms with van der Waals surface area (Å²) in [6, 6.07) is 14.9. The van der Waals surface area contributed by atoms with Gasteiger partial charge in [0.1, 0.15) is 0 Å². The quantitative estimate of drug-likeness (QED) is 0.651. The predicted octanol–water partition coefficient (Wildman–Crippen LogP) is 4.26. The van der Waals surface area contributed by atoms with Crippen LogP contribution in [0.15, 0.2) is 48.5 Å². The van der Waals surface area contributed by atoms with Gasteiger partial charge >= 0.3 is 0 Å². The van der Waals surface area contributed by atoms with Gasteiger partial charge in [-0.25, -0.2) is 0 Å². The highest BCUT2D eigenvalue weighted by atomic mass is 14.0. The number of fused-ring (bicyclic) bond motifs is 1. The smallest absolute Gasteiger partial charge is 0.0112 e. The lowest BCUT2D eigenvalue weighted by Crippen LogP contribution is -1.76. The van der Waals surface area contributed by atoms with Crippen molar-refractivity contribution < 1.29 is 0 Å². The van der Waals surface area contributed by atoms with E-state index in [1.54, 1.807) is 0 Å². The average Bonchev–Trinajstić information content (AvgIpc) is 2.26. The summed E-state index contributed by atoms with van der Waals surface area (Å²) in [7, 11) is 0. The first-order valence-corrected chi connectivity index (χ1v) is 5.06. The second-order valence-electron chi connectivity index (χ2n) is 3.38. The van der Waals surface area contributed by atoms with E-state index in [4.69, 9.17) is 0 Å². The van der Waals surface area contributed by atoms with E-state index in [1.807, 2.05) is 0 Å². The minimum atomic E-state index is 1.09. The highest BCUT2D eigenvalue weighted by molar-refractivity contribution is 5.90. The third kappa shape index (κ3) is 1.69. The normalized spacial score (nSPS) is 11.2. The second kappa shape index (κ2) is 4.10. The fourth-order valence-electron chi connectivity index (χ4n) is 1.64. The molecule has 0 fully saturated rings. The summed E-state index contributed by atoms with van der Waals surface area (Å²) in [4.78, 5) is 0. The zero-order valence-corrected chi connectivity index (χ0v) is 8.40. The van der Waals surface area contributed by atoms with Crippen molar-refractivity contribution in [2.45, 2.75) is 13.3 Å². The van der Waals surface area contributed by atoms with Gasteiger partial charge in [0.15, 0.2) is 0 Å². The second-order valence-corrected chi connectivity index (χ2v) is 3.38. The van der Waals surface area contributed by atoms with E-state index in [2.05, 4.69) is 61.5 Å². The van der Waals surface area contributed by atoms with E-state index in [9.17, 15) is 0 Å². The molecule has 70 valence electrons. The molecule has 0 heteroatoms. The molecule has 0 heterocycles. The topological polar surface area (TPSA) is 0 Å². The molecule has 0 aliphatic heterocycles. The number of benzene rings is 2. The van der Waals surface area contributed by atoms with Crippen molar-refractivity contribution in [2.24, 2.45) is 0 Å². The van der Waals surface area contributed by atoms with Gasteiger partial charge in [-0.2, -0.15) is 0 Å². The predicted molar refractivity (Wildman–Crippen MR) is 63.3 cm³/mol. The number of rotatable bonds is 2. The molecule has 0 aliphatic carbocycles. The Morgan fingerprint density at radius 1 is 1.00 bits per heavy atom. The first-order valence-electron chi connectivity index (χ1n) is 5.06. The monoisotopic (exact) mass is 182 g/mol. The van der Waals surface area contributed by atoms with Gasteiger partial charge in [-0.15, -0.1) is 0 Å². The molecule has 0 spiro atoms. The molecule has 0 radical (unpaired) electrons. The molecule has 0 N–H and O–H groups in total. The molecule has 0 amide bonds. The first kappa shape index (κ1) is 9.01. The molecular weight excluding hydrogens is 168 g/mol. The SMILES string of the molecule is CC/C=C/c1cccc2ccccc12. The van der Waals surface area contributed by atoms with Crippen LogP contribution in [0.25, 0.3) is 16.8 Å². The van der Waals surface area contributed by atoms with E-state index < -0.39 is 0 Å². The Balaban J connectivity index is 2.59. The molecule has 0 aromatic heterocycles. The highest BCUT2D eigenvalue weighted by Gasteiger charge is 1.94. The lowest BCUT2D eigenvalue weighted by atomic mass is 10.0. The Bertz CT molecular complexity index is 447. The summed E-state index contributed by atoms with van der Waals surface area (Å²) in [5, 5.41) is 2.64. The highest BCUT2D eigenvalue weighted by Crippen LogP contribution is 2.19. The van der Waals surface area contributed by atoms with Gasteiger partial charge in [0.2, 0.25) is 0 Å². The molecule has 0 unspecified atom stereocenters. The average molecular weight is 182 g/mol. The Labute approximate surface area is 84.9 Å². The molecule has 0 atom stereocenters. The molecule has 2 aromatic rings. The van der Waals surface area contributed by atoms with Gasteiger partial charge in [0.25, 0.3) is 0 Å². The molecular formula is C14H14. The molecule has 0 bridgehead atoms. The summed E-state index contributed by atoms with van der Waals surface area (Å²) < 4.78 is 0. The maximum atomic E-state index is 2.20. The van der Waals surface area contributed by atoms with Gasteiger partial charge in [0, 0.05) is 0 Å². The van der Waals surface area contributed by atoms with Crippen LogP contribution in [0.3, 0.4) is 0 Å². The van der Waals surface area contributed by atoms with E-state index >= 15 is 0 Å². The molecule has 0 saturated heterocycles. The summed E-state index contributed by atoms with van der Waals surface area (Å²) in [5.74, 6) is 0. The van der Waals surface area contributed by atoms with Crippen molar-refractivity contribution in [3.63, 3.8) is 0 Å². The Hall–Kier alpha value is -1.56. The van der Waals surface area contributed by atoms with E-state index in [0.29, 0.717) is 0 Å². The molecule has 2 rings (SSSR count). The summed E-state index contributed by atoms with van der Waals surface area (Å²) in [6.45, 7) is 2.15. The Morgan fingerprint density at radius 2 is 1.79 bits per heavy atom. The van der Waals surface area contributed by atoms with Crippen LogP contribution in [-0.4, -0.2) is 0 Å². The van der Waals surface area contributed by atoms with Crippen LogP contribution in [-0.2, 0) is 0 Å². The van der Waals surface area contributed by atoms with Crippen LogP contribution in [0.4, 0.5) is 0 Å². The molecule has 0 saturated carbocycles. The maximum absolute atomic E-state index is 2.20. The lowest BCUT2D eigenvalue weighted by molar-refractivity contribution is 1.23. The van der Waals surface area contributed by atoms with Crippen molar-refractivity contribution >= 4 is 16.8 Å². The van der Waals surface area contributed by atoms with E-state index in [-0.39, 0.29) is 0 Å². The van der Waals surface area contributed by atoms with Crippen LogP contribution < -0.4 is 0 Å². The molecule has 0 aliphatic rings. The van der Waals surface area contributed by atoms with Crippen molar-refractivity contribution in [3.8, 4) is 0 Å². The van der Waals surface area contributed by atoms with Crippen LogP contribution in [0.1, 0.15) is 18.9 Å². The fraction of sp³-hybridized carbons (Fsp3) is 0.143. The molecule has 14 heavy (non-hydrogen) atoms. The van der Waals surface area contributed by atoms with Crippen molar-refractivity contribution in [2.75, 3.05) is 0 Å². The third-order valence-electron chi connectivity index (χ3n) is 2.36. The van der Waals surface area contributed by atoms with Gasteiger partial charge in [0.05, 0.1) is 0 Å². The zero-order valence-electron chi connectivity index (χ0n) is 8.40. The first-order chi connectivity index (χ1) is 6.92. The fourth-order valence-corrected chi connectivity index (χ4v) is 1.64. The number of hydrogen-bond acceptors (Lipinski definition) is 0. The Kier molecular flexibility index (Phi) is 2.64. The number of allylic oxidation sites excluding steroid dienone is 1. The van der Waals surface area contributed by atoms with Gasteiger partial charge in [-0.05, 0) is 22.8 Å². The van der Waals surface area contributed by atoms with Gasteiger partial charge in [-0.1, -0.05) is 61.5 Å². The summed E-state index contributed by atoms with van der Waals surface area (Å²) in [5.41, 5.74) is 1.31. The van der Waals surface area contributed by atoms with E-state index in [0.717, 1.165) is 6.42 Å². The summed E-state index contributed by atoms with van der Waals surface area (Å²) in [6.07, 6.45) is 5.48.